The third-order valence-electron chi connectivity index (χ3n) is 2.15. The third-order valence-corrected chi connectivity index (χ3v) is 2.15. The van der Waals surface area contributed by atoms with E-state index < -0.39 is 6.29 Å². The molecule has 0 aliphatic carbocycles. The molecule has 0 heterocycles. The lowest BCUT2D eigenvalue weighted by Crippen LogP contribution is -2.23. The van der Waals surface area contributed by atoms with Crippen molar-refractivity contribution in [1.82, 2.24) is 0 Å². The van der Waals surface area contributed by atoms with Gasteiger partial charge in [0.1, 0.15) is 0 Å². The monoisotopic (exact) mass is 234 g/mol. The molecule has 0 fully saturated rings. The lowest BCUT2D eigenvalue weighted by atomic mass is 10.1. The second kappa shape index (κ2) is 7.63. The Balaban J connectivity index is 2.57. The van der Waals surface area contributed by atoms with Gasteiger partial charge < -0.3 is 9.47 Å². The molecular weight excluding hydrogens is 216 g/mol. The number of hydrogen-bond donors (Lipinski definition) is 0. The minimum absolute atomic E-state index is 0.373. The molecule has 1 rings (SSSR count). The molecule has 1 aromatic rings. The first-order valence-corrected chi connectivity index (χ1v) is 5.75. The number of rotatable bonds is 6. The van der Waals surface area contributed by atoms with Crippen molar-refractivity contribution in [3.8, 4) is 0 Å². The van der Waals surface area contributed by atoms with E-state index >= 15 is 0 Å². The number of carbonyl (C=O) groups is 1. The molecule has 0 radical (unpaired) electrons. The lowest BCUT2D eigenvalue weighted by molar-refractivity contribution is -0.171. The van der Waals surface area contributed by atoms with Crippen LogP contribution in [0.1, 0.15) is 19.4 Å². The van der Waals surface area contributed by atoms with Crippen LogP contribution in [0.5, 0.6) is 0 Å². The first-order chi connectivity index (χ1) is 8.26. The number of carbonyl (C=O) groups excluding carboxylic acids is 1. The molecule has 3 nitrogen and oxygen atoms in total. The van der Waals surface area contributed by atoms with E-state index in [9.17, 15) is 4.79 Å². The van der Waals surface area contributed by atoms with Crippen molar-refractivity contribution in [2.24, 2.45) is 0 Å². The second-order valence-electron chi connectivity index (χ2n) is 3.51. The molecule has 0 saturated carbocycles. The molecule has 0 saturated heterocycles. The smallest absolute Gasteiger partial charge is 0.332 e. The fourth-order valence-electron chi connectivity index (χ4n) is 1.43. The summed E-state index contributed by atoms with van der Waals surface area (Å²) in [5.41, 5.74) is 1.08. The molecule has 3 heteroatoms. The fourth-order valence-corrected chi connectivity index (χ4v) is 1.43. The maximum absolute atomic E-state index is 11.3. The number of allylic oxidation sites excluding steroid dienone is 1. The maximum Gasteiger partial charge on any atom is 0.332 e. The summed E-state index contributed by atoms with van der Waals surface area (Å²) in [6, 6.07) is 9.81. The average molecular weight is 234 g/mol. The minimum atomic E-state index is -0.522. The highest BCUT2D eigenvalue weighted by molar-refractivity contribution is 5.81. The summed E-state index contributed by atoms with van der Waals surface area (Å²) in [5, 5.41) is 0. The second-order valence-corrected chi connectivity index (χ2v) is 3.51. The summed E-state index contributed by atoms with van der Waals surface area (Å²) >= 11 is 0. The topological polar surface area (TPSA) is 35.5 Å². The number of benzene rings is 1. The largest absolute Gasteiger partial charge is 0.432 e. The van der Waals surface area contributed by atoms with Gasteiger partial charge >= 0.3 is 5.97 Å². The summed E-state index contributed by atoms with van der Waals surface area (Å²) in [4.78, 5) is 11.3. The predicted octanol–water partition coefficient (Wildman–Crippen LogP) is 2.71. The molecule has 92 valence electrons. The highest BCUT2D eigenvalue weighted by Crippen LogP contribution is 2.08. The zero-order valence-electron chi connectivity index (χ0n) is 10.3. The van der Waals surface area contributed by atoms with Gasteiger partial charge in [-0.15, -0.1) is 0 Å². The van der Waals surface area contributed by atoms with Gasteiger partial charge in [0, 0.05) is 19.1 Å². The van der Waals surface area contributed by atoms with Crippen LogP contribution in [0, 0.1) is 0 Å². The molecule has 1 unspecified atom stereocenters. The van der Waals surface area contributed by atoms with Crippen molar-refractivity contribution in [2.75, 3.05) is 6.61 Å². The van der Waals surface area contributed by atoms with Crippen molar-refractivity contribution >= 4 is 5.97 Å². The highest BCUT2D eigenvalue weighted by atomic mass is 16.7. The van der Waals surface area contributed by atoms with Gasteiger partial charge in [0.2, 0.25) is 6.29 Å². The Morgan fingerprint density at radius 1 is 1.35 bits per heavy atom. The standard InChI is InChI=1S/C14H18O3/c1-3-8-13(15)17-14(16-4-2)11-12-9-6-5-7-10-12/h3,5-10,14H,4,11H2,1-2H3/b8-3+. The molecular formula is C14H18O3. The van der Waals surface area contributed by atoms with Crippen LogP contribution in [0.25, 0.3) is 0 Å². The SMILES string of the molecule is C/C=C/C(=O)OC(Cc1ccccc1)OCC. The summed E-state index contributed by atoms with van der Waals surface area (Å²) in [6.45, 7) is 4.16. The quantitative estimate of drug-likeness (QED) is 0.431. The Morgan fingerprint density at radius 2 is 2.06 bits per heavy atom. The van der Waals surface area contributed by atoms with E-state index in [1.54, 1.807) is 13.0 Å². The molecule has 0 N–H and O–H groups in total. The Kier molecular flexibility index (Phi) is 6.04. The first-order valence-electron chi connectivity index (χ1n) is 5.75. The van der Waals surface area contributed by atoms with Gasteiger partial charge in [0.15, 0.2) is 0 Å². The molecule has 1 aromatic carbocycles. The summed E-state index contributed by atoms with van der Waals surface area (Å²) in [6.07, 6.45) is 3.08. The van der Waals surface area contributed by atoms with Gasteiger partial charge in [0.05, 0.1) is 0 Å². The first kappa shape index (κ1) is 13.5. The zero-order chi connectivity index (χ0) is 12.5. The molecule has 0 aliphatic heterocycles. The van der Waals surface area contributed by atoms with E-state index in [-0.39, 0.29) is 5.97 Å². The van der Waals surface area contributed by atoms with Gasteiger partial charge in [-0.25, -0.2) is 4.79 Å². The predicted molar refractivity (Wildman–Crippen MR) is 66.5 cm³/mol. The molecule has 0 aliphatic rings. The fraction of sp³-hybridized carbons (Fsp3) is 0.357. The van der Waals surface area contributed by atoms with Crippen LogP contribution < -0.4 is 0 Å². The van der Waals surface area contributed by atoms with Gasteiger partial charge in [-0.3, -0.25) is 0 Å². The Hall–Kier alpha value is -1.61. The van der Waals surface area contributed by atoms with E-state index in [0.717, 1.165) is 5.56 Å². The lowest BCUT2D eigenvalue weighted by Gasteiger charge is -2.16. The molecule has 17 heavy (non-hydrogen) atoms. The summed E-state index contributed by atoms with van der Waals surface area (Å²) in [5.74, 6) is -0.373. The Morgan fingerprint density at radius 3 is 2.65 bits per heavy atom. The van der Waals surface area contributed by atoms with Gasteiger partial charge in [-0.2, -0.15) is 0 Å². The van der Waals surface area contributed by atoms with E-state index in [1.165, 1.54) is 6.08 Å². The molecule has 0 spiro atoms. The van der Waals surface area contributed by atoms with Crippen molar-refractivity contribution in [3.63, 3.8) is 0 Å². The van der Waals surface area contributed by atoms with Crippen LogP contribution in [-0.2, 0) is 20.7 Å². The van der Waals surface area contributed by atoms with Crippen LogP contribution in [-0.4, -0.2) is 18.9 Å². The van der Waals surface area contributed by atoms with Crippen molar-refractivity contribution in [3.05, 3.63) is 48.0 Å². The summed E-state index contributed by atoms with van der Waals surface area (Å²) < 4.78 is 10.6. The molecule has 0 bridgehead atoms. The molecule has 0 aromatic heterocycles. The minimum Gasteiger partial charge on any atom is -0.432 e. The molecule has 0 amide bonds. The Bertz CT molecular complexity index is 357. The normalized spacial score (nSPS) is 12.6. The zero-order valence-corrected chi connectivity index (χ0v) is 10.3. The van der Waals surface area contributed by atoms with Crippen LogP contribution in [0.2, 0.25) is 0 Å². The van der Waals surface area contributed by atoms with Crippen LogP contribution in [0.3, 0.4) is 0 Å². The van der Waals surface area contributed by atoms with E-state index in [0.29, 0.717) is 13.0 Å². The van der Waals surface area contributed by atoms with Crippen LogP contribution >= 0.6 is 0 Å². The maximum atomic E-state index is 11.3. The molecule has 1 atom stereocenters. The van der Waals surface area contributed by atoms with Crippen molar-refractivity contribution in [2.45, 2.75) is 26.6 Å². The van der Waals surface area contributed by atoms with Crippen molar-refractivity contribution in [1.29, 1.82) is 0 Å². The highest BCUT2D eigenvalue weighted by Gasteiger charge is 2.13. The number of ether oxygens (including phenoxy) is 2. The number of esters is 1. The van der Waals surface area contributed by atoms with E-state index in [1.807, 2.05) is 37.3 Å². The van der Waals surface area contributed by atoms with Gasteiger partial charge in [-0.1, -0.05) is 36.4 Å². The van der Waals surface area contributed by atoms with Crippen LogP contribution in [0.4, 0.5) is 0 Å². The van der Waals surface area contributed by atoms with E-state index in [2.05, 4.69) is 0 Å². The van der Waals surface area contributed by atoms with E-state index in [4.69, 9.17) is 9.47 Å². The summed E-state index contributed by atoms with van der Waals surface area (Å²) in [7, 11) is 0. The van der Waals surface area contributed by atoms with Crippen molar-refractivity contribution < 1.29 is 14.3 Å². The average Bonchev–Trinajstić information content (AvgIpc) is 2.31. The van der Waals surface area contributed by atoms with Crippen LogP contribution in [0.15, 0.2) is 42.5 Å². The van der Waals surface area contributed by atoms with Gasteiger partial charge in [0.25, 0.3) is 0 Å². The third kappa shape index (κ3) is 5.31. The Labute approximate surface area is 102 Å². The van der Waals surface area contributed by atoms with Gasteiger partial charge in [-0.05, 0) is 19.4 Å². The number of hydrogen-bond acceptors (Lipinski definition) is 3.